The molecule has 20 heteroatoms. The number of carbonyl (C=O) groups excluding carboxylic acids is 1. The van der Waals surface area contributed by atoms with Gasteiger partial charge in [-0.2, -0.15) is 44.6 Å². The normalized spacial score (nSPS) is 16.0. The topological polar surface area (TPSA) is 172 Å². The lowest BCUT2D eigenvalue weighted by atomic mass is 9.85. The van der Waals surface area contributed by atoms with Gasteiger partial charge in [0.05, 0.1) is 5.39 Å². The Morgan fingerprint density at radius 2 is 1.17 bits per heavy atom. The maximum atomic E-state index is 12.8. The van der Waals surface area contributed by atoms with E-state index < -0.39 is 36.4 Å². The van der Waals surface area contributed by atoms with E-state index in [-0.39, 0.29) is 5.91 Å². The summed E-state index contributed by atoms with van der Waals surface area (Å²) in [6, 6.07) is 2.45. The van der Waals surface area contributed by atoms with Crippen LogP contribution in [0.2, 0.25) is 0 Å². The van der Waals surface area contributed by atoms with Gasteiger partial charge in [-0.1, -0.05) is 51.4 Å². The van der Waals surface area contributed by atoms with Gasteiger partial charge in [0, 0.05) is 19.3 Å². The maximum Gasteiger partial charge on any atom is 0.490 e. The number of hydrogen-bond acceptors (Lipinski definition) is 6. The number of carboxylic acids is 3. The van der Waals surface area contributed by atoms with Gasteiger partial charge in [-0.15, -0.1) is 0 Å². The van der Waals surface area contributed by atoms with Crippen molar-refractivity contribution in [2.24, 2.45) is 13.0 Å². The summed E-state index contributed by atoms with van der Waals surface area (Å²) in [5.41, 5.74) is 2.57. The number of carbonyl (C=O) groups is 4. The van der Waals surface area contributed by atoms with Crippen LogP contribution in [0.3, 0.4) is 0 Å². The zero-order valence-electron chi connectivity index (χ0n) is 24.8. The van der Waals surface area contributed by atoms with Crippen LogP contribution in [0.15, 0.2) is 12.3 Å². The number of halogens is 9. The van der Waals surface area contributed by atoms with Crippen molar-refractivity contribution in [1.82, 2.24) is 20.1 Å². The van der Waals surface area contributed by atoms with E-state index in [1.165, 1.54) is 56.9 Å². The van der Waals surface area contributed by atoms with E-state index in [2.05, 4.69) is 21.5 Å². The lowest BCUT2D eigenvalue weighted by molar-refractivity contribution is -0.193. The molecule has 2 fully saturated rings. The number of fused-ring (bicyclic) bond motifs is 1. The molecule has 2 aromatic heterocycles. The van der Waals surface area contributed by atoms with E-state index >= 15 is 0 Å². The summed E-state index contributed by atoms with van der Waals surface area (Å²) < 4.78 is 96.9. The second-order valence-corrected chi connectivity index (χ2v) is 10.6. The molecule has 4 N–H and O–H groups in total. The summed E-state index contributed by atoms with van der Waals surface area (Å²) in [6.07, 6.45) is 0.383. The Labute approximate surface area is 261 Å². The molecule has 0 atom stereocenters. The number of aryl methyl sites for hydroxylation is 1. The number of aromatic nitrogens is 3. The predicted molar refractivity (Wildman–Crippen MR) is 144 cm³/mol. The molecule has 47 heavy (non-hydrogen) atoms. The molecule has 0 bridgehead atoms. The van der Waals surface area contributed by atoms with Crippen LogP contribution in [-0.4, -0.2) is 78.5 Å². The van der Waals surface area contributed by atoms with E-state index in [1.54, 1.807) is 4.68 Å². The van der Waals surface area contributed by atoms with Gasteiger partial charge in [-0.3, -0.25) is 4.79 Å². The van der Waals surface area contributed by atoms with Crippen LogP contribution >= 0.6 is 0 Å². The number of amides is 1. The fraction of sp³-hybridized carbons (Fsp3) is 0.630. The van der Waals surface area contributed by atoms with Crippen molar-refractivity contribution < 1.29 is 74.0 Å². The summed E-state index contributed by atoms with van der Waals surface area (Å²) in [4.78, 5) is 44.1. The van der Waals surface area contributed by atoms with Gasteiger partial charge in [-0.25, -0.2) is 24.0 Å². The first-order chi connectivity index (χ1) is 21.5. The molecule has 0 aliphatic heterocycles. The van der Waals surface area contributed by atoms with Gasteiger partial charge in [0.1, 0.15) is 0 Å². The molecule has 0 saturated heterocycles. The quantitative estimate of drug-likeness (QED) is 0.278. The summed E-state index contributed by atoms with van der Waals surface area (Å²) in [7, 11) is 1.87. The molecule has 0 radical (unpaired) electrons. The Morgan fingerprint density at radius 1 is 0.766 bits per heavy atom. The molecular weight excluding hydrogens is 663 g/mol. The summed E-state index contributed by atoms with van der Waals surface area (Å²) in [5.74, 6) is -7.55. The van der Waals surface area contributed by atoms with Crippen molar-refractivity contribution in [2.45, 2.75) is 95.2 Å². The fourth-order valence-corrected chi connectivity index (χ4v) is 4.69. The molecule has 0 spiro atoms. The molecule has 11 nitrogen and oxygen atoms in total. The van der Waals surface area contributed by atoms with Crippen LogP contribution in [0, 0.1) is 5.92 Å². The summed E-state index contributed by atoms with van der Waals surface area (Å²) >= 11 is 0. The fourth-order valence-electron chi connectivity index (χ4n) is 4.69. The standard InChI is InChI=1S/C21H30N4O.3C2HF3O2/c1-25-20-18(13-16(14-22-20)12-15-8-4-2-5-9-15)19(24-25)21(26)23-17-10-6-3-7-11-17;3*3-2(4,5)1(6)7/h13-15,17H,2-12H2,1H3,(H,23,26);3*(H,6,7). The average Bonchev–Trinajstić information content (AvgIpc) is 3.29. The van der Waals surface area contributed by atoms with Gasteiger partial charge in [0.15, 0.2) is 11.3 Å². The van der Waals surface area contributed by atoms with Crippen molar-refractivity contribution in [3.05, 3.63) is 23.5 Å². The van der Waals surface area contributed by atoms with Crippen molar-refractivity contribution in [1.29, 1.82) is 0 Å². The Bertz CT molecular complexity index is 1290. The van der Waals surface area contributed by atoms with Crippen molar-refractivity contribution in [2.75, 3.05) is 0 Å². The molecule has 4 rings (SSSR count). The lowest BCUT2D eigenvalue weighted by Gasteiger charge is -2.22. The molecular formula is C27H33F9N4O7. The number of hydrogen-bond donors (Lipinski definition) is 4. The molecule has 266 valence electrons. The molecule has 2 saturated carbocycles. The highest BCUT2D eigenvalue weighted by Crippen LogP contribution is 2.28. The van der Waals surface area contributed by atoms with Crippen LogP contribution in [0.1, 0.15) is 80.3 Å². The highest BCUT2D eigenvalue weighted by molar-refractivity contribution is 6.04. The van der Waals surface area contributed by atoms with Gasteiger partial charge < -0.3 is 20.6 Å². The first kappa shape index (κ1) is 40.9. The Kier molecular flexibility index (Phi) is 15.4. The molecule has 0 aromatic carbocycles. The number of rotatable bonds is 4. The molecule has 2 aromatic rings. The third-order valence-corrected chi connectivity index (χ3v) is 6.87. The number of nitrogens with zero attached hydrogens (tertiary/aromatic N) is 3. The van der Waals surface area contributed by atoms with Crippen LogP contribution in [0.25, 0.3) is 11.0 Å². The Hall–Kier alpha value is -4.13. The van der Waals surface area contributed by atoms with Crippen LogP contribution in [-0.2, 0) is 27.9 Å². The molecule has 2 aliphatic rings. The van der Waals surface area contributed by atoms with Crippen molar-refractivity contribution in [3.8, 4) is 0 Å². The Morgan fingerprint density at radius 3 is 1.57 bits per heavy atom. The smallest absolute Gasteiger partial charge is 0.475 e. The van der Waals surface area contributed by atoms with E-state index in [1.807, 2.05) is 13.2 Å². The summed E-state index contributed by atoms with van der Waals surface area (Å²) in [5, 5.41) is 30.0. The van der Waals surface area contributed by atoms with Gasteiger partial charge in [0.25, 0.3) is 5.91 Å². The second kappa shape index (κ2) is 17.7. The minimum absolute atomic E-state index is 0.0425. The van der Waals surface area contributed by atoms with Gasteiger partial charge >= 0.3 is 36.4 Å². The zero-order valence-corrected chi connectivity index (χ0v) is 24.8. The number of alkyl halides is 9. The number of pyridine rings is 1. The summed E-state index contributed by atoms with van der Waals surface area (Å²) in [6.45, 7) is 0. The minimum Gasteiger partial charge on any atom is -0.475 e. The monoisotopic (exact) mass is 696 g/mol. The van der Waals surface area contributed by atoms with Crippen LogP contribution in [0.4, 0.5) is 39.5 Å². The number of nitrogens with one attached hydrogen (secondary N) is 1. The minimum atomic E-state index is -5.08. The first-order valence-corrected chi connectivity index (χ1v) is 14.1. The third kappa shape index (κ3) is 14.9. The van der Waals surface area contributed by atoms with E-state index in [9.17, 15) is 44.3 Å². The molecule has 2 heterocycles. The average molecular weight is 697 g/mol. The van der Waals surface area contributed by atoms with Crippen molar-refractivity contribution in [3.63, 3.8) is 0 Å². The molecule has 0 unspecified atom stereocenters. The number of carboxylic acid groups (broad SMARTS) is 3. The van der Waals surface area contributed by atoms with E-state index in [4.69, 9.17) is 29.7 Å². The largest absolute Gasteiger partial charge is 0.490 e. The number of aliphatic carboxylic acids is 3. The first-order valence-electron chi connectivity index (χ1n) is 14.1. The molecule has 1 amide bonds. The SMILES string of the molecule is Cn1nc(C(=O)NC2CCCCC2)c2cc(CC3CCCCC3)cnc21.O=C(O)C(F)(F)F.O=C(O)C(F)(F)F.O=C(O)C(F)(F)F. The maximum absolute atomic E-state index is 12.8. The second-order valence-electron chi connectivity index (χ2n) is 10.6. The Balaban J connectivity index is 0.000000430. The molecule has 2 aliphatic carbocycles. The van der Waals surface area contributed by atoms with Crippen LogP contribution < -0.4 is 5.32 Å². The predicted octanol–water partition coefficient (Wildman–Crippen LogP) is 6.05. The van der Waals surface area contributed by atoms with Crippen LogP contribution in [0.5, 0.6) is 0 Å². The third-order valence-electron chi connectivity index (χ3n) is 6.87. The van der Waals surface area contributed by atoms with E-state index in [0.717, 1.165) is 36.2 Å². The van der Waals surface area contributed by atoms with Gasteiger partial charge in [0.2, 0.25) is 0 Å². The van der Waals surface area contributed by atoms with Crippen molar-refractivity contribution >= 4 is 34.8 Å². The lowest BCUT2D eigenvalue weighted by Crippen LogP contribution is -2.36. The highest BCUT2D eigenvalue weighted by Gasteiger charge is 2.39. The highest BCUT2D eigenvalue weighted by atomic mass is 19.4. The zero-order chi connectivity index (χ0) is 36.2. The van der Waals surface area contributed by atoms with Gasteiger partial charge in [-0.05, 0) is 36.8 Å². The van der Waals surface area contributed by atoms with E-state index in [0.29, 0.717) is 11.7 Å².